The van der Waals surface area contributed by atoms with E-state index in [1.54, 1.807) is 7.05 Å². The number of imidazole rings is 1. The molecular weight excluding hydrogens is 366 g/mol. The highest BCUT2D eigenvalue weighted by Crippen LogP contribution is 2.26. The maximum atomic E-state index is 12.8. The van der Waals surface area contributed by atoms with E-state index in [0.717, 1.165) is 48.2 Å². The van der Waals surface area contributed by atoms with Gasteiger partial charge in [0, 0.05) is 20.1 Å². The van der Waals surface area contributed by atoms with Crippen molar-refractivity contribution in [3.8, 4) is 0 Å². The van der Waals surface area contributed by atoms with Crippen molar-refractivity contribution >= 4 is 27.9 Å². The number of hydrogen-bond donors (Lipinski definition) is 1. The molecule has 0 unspecified atom stereocenters. The van der Waals surface area contributed by atoms with Gasteiger partial charge in [0.25, 0.3) is 5.56 Å². The molecule has 2 aromatic heterocycles. The van der Waals surface area contributed by atoms with Crippen LogP contribution in [0.3, 0.4) is 0 Å². The van der Waals surface area contributed by atoms with Crippen molar-refractivity contribution < 1.29 is 0 Å². The first-order chi connectivity index (χ1) is 14.1. The zero-order valence-electron chi connectivity index (χ0n) is 16.4. The predicted octanol–water partition coefficient (Wildman–Crippen LogP) is 2.62. The smallest absolute Gasteiger partial charge is 0.329 e. The zero-order chi connectivity index (χ0) is 20.0. The van der Waals surface area contributed by atoms with Gasteiger partial charge in [-0.2, -0.15) is 4.98 Å². The second kappa shape index (κ2) is 6.92. The average Bonchev–Trinajstić information content (AvgIpc) is 3.13. The molecule has 3 heterocycles. The van der Waals surface area contributed by atoms with E-state index in [1.165, 1.54) is 11.0 Å². The van der Waals surface area contributed by atoms with Crippen molar-refractivity contribution in [1.29, 1.82) is 0 Å². The third-order valence-electron chi connectivity index (χ3n) is 5.83. The first-order valence-corrected chi connectivity index (χ1v) is 10.0. The minimum Gasteiger partial charge on any atom is -0.342 e. The molecule has 7 nitrogen and oxygen atoms in total. The third kappa shape index (κ3) is 2.93. The summed E-state index contributed by atoms with van der Waals surface area (Å²) in [6.45, 7) is 2.33. The fourth-order valence-corrected chi connectivity index (χ4v) is 4.31. The quantitative estimate of drug-likeness (QED) is 0.584. The van der Waals surface area contributed by atoms with Gasteiger partial charge in [-0.3, -0.25) is 18.9 Å². The maximum Gasteiger partial charge on any atom is 0.329 e. The number of nitrogens with one attached hydrogen (secondary N) is 1. The monoisotopic (exact) mass is 389 g/mol. The number of nitrogens with zero attached hydrogens (tertiary/aromatic N) is 4. The van der Waals surface area contributed by atoms with Gasteiger partial charge >= 0.3 is 5.69 Å². The van der Waals surface area contributed by atoms with E-state index < -0.39 is 5.69 Å². The van der Waals surface area contributed by atoms with Gasteiger partial charge in [-0.15, -0.1) is 0 Å². The van der Waals surface area contributed by atoms with E-state index in [-0.39, 0.29) is 5.56 Å². The summed E-state index contributed by atoms with van der Waals surface area (Å²) in [6.07, 6.45) is 3.42. The molecule has 2 aromatic carbocycles. The lowest BCUT2D eigenvalue weighted by Gasteiger charge is -2.28. The number of anilines is 1. The van der Waals surface area contributed by atoms with Crippen LogP contribution in [0.2, 0.25) is 0 Å². The number of benzene rings is 2. The number of hydrogen-bond acceptors (Lipinski definition) is 4. The van der Waals surface area contributed by atoms with Crippen LogP contribution in [0.25, 0.3) is 21.9 Å². The number of piperidine rings is 1. The van der Waals surface area contributed by atoms with Crippen LogP contribution in [0, 0.1) is 0 Å². The van der Waals surface area contributed by atoms with Crippen molar-refractivity contribution in [2.24, 2.45) is 7.05 Å². The molecule has 1 saturated heterocycles. The van der Waals surface area contributed by atoms with Gasteiger partial charge in [0.1, 0.15) is 0 Å². The zero-order valence-corrected chi connectivity index (χ0v) is 16.4. The Morgan fingerprint density at radius 2 is 1.76 bits per heavy atom. The van der Waals surface area contributed by atoms with E-state index in [2.05, 4.69) is 34.1 Å². The molecule has 0 radical (unpaired) electrons. The summed E-state index contributed by atoms with van der Waals surface area (Å²) in [5.41, 5.74) is 1.16. The average molecular weight is 389 g/mol. The molecule has 0 bridgehead atoms. The molecule has 7 heteroatoms. The highest BCUT2D eigenvalue weighted by atomic mass is 16.2. The van der Waals surface area contributed by atoms with Gasteiger partial charge in [0.15, 0.2) is 11.2 Å². The lowest BCUT2D eigenvalue weighted by Crippen LogP contribution is -2.32. The first-order valence-electron chi connectivity index (χ1n) is 10.0. The van der Waals surface area contributed by atoms with Gasteiger partial charge in [0.05, 0.1) is 6.54 Å². The van der Waals surface area contributed by atoms with Crippen molar-refractivity contribution in [3.05, 3.63) is 68.9 Å². The minimum atomic E-state index is -0.442. The molecule has 148 valence electrons. The molecule has 4 aromatic rings. The van der Waals surface area contributed by atoms with Crippen LogP contribution in [0.5, 0.6) is 0 Å². The largest absolute Gasteiger partial charge is 0.342 e. The van der Waals surface area contributed by atoms with Gasteiger partial charge in [-0.05, 0) is 35.6 Å². The summed E-state index contributed by atoms with van der Waals surface area (Å²) in [5.74, 6) is 0.763. The summed E-state index contributed by atoms with van der Waals surface area (Å²) in [7, 11) is 1.65. The summed E-state index contributed by atoms with van der Waals surface area (Å²) in [4.78, 5) is 34.3. The van der Waals surface area contributed by atoms with Crippen molar-refractivity contribution in [3.63, 3.8) is 0 Å². The van der Waals surface area contributed by atoms with Crippen LogP contribution in [-0.2, 0) is 13.6 Å². The molecule has 0 saturated carbocycles. The van der Waals surface area contributed by atoms with Crippen LogP contribution < -0.4 is 16.1 Å². The molecule has 1 fully saturated rings. The van der Waals surface area contributed by atoms with E-state index in [1.807, 2.05) is 22.8 Å². The number of H-pyrrole nitrogens is 1. The van der Waals surface area contributed by atoms with Crippen LogP contribution in [-0.4, -0.2) is 32.2 Å². The third-order valence-corrected chi connectivity index (χ3v) is 5.83. The number of aryl methyl sites for hydroxylation is 1. The second-order valence-corrected chi connectivity index (χ2v) is 7.67. The molecular formula is C22H23N5O2. The lowest BCUT2D eigenvalue weighted by atomic mass is 10.0. The number of aromatic nitrogens is 4. The van der Waals surface area contributed by atoms with Gasteiger partial charge < -0.3 is 4.90 Å². The van der Waals surface area contributed by atoms with Crippen molar-refractivity contribution in [2.75, 3.05) is 18.0 Å². The topological polar surface area (TPSA) is 75.9 Å². The second-order valence-electron chi connectivity index (χ2n) is 7.67. The summed E-state index contributed by atoms with van der Waals surface area (Å²) in [5, 5.41) is 2.32. The lowest BCUT2D eigenvalue weighted by molar-refractivity contribution is 0.560. The molecule has 5 rings (SSSR count). The van der Waals surface area contributed by atoms with E-state index in [0.29, 0.717) is 17.7 Å². The molecule has 0 spiro atoms. The highest BCUT2D eigenvalue weighted by molar-refractivity contribution is 5.86. The van der Waals surface area contributed by atoms with Crippen LogP contribution in [0.15, 0.2) is 52.1 Å². The van der Waals surface area contributed by atoms with Crippen molar-refractivity contribution in [2.45, 2.75) is 25.8 Å². The maximum absolute atomic E-state index is 12.8. The van der Waals surface area contributed by atoms with Crippen LogP contribution in [0.4, 0.5) is 5.95 Å². The molecule has 1 N–H and O–H groups in total. The van der Waals surface area contributed by atoms with Gasteiger partial charge in [0.2, 0.25) is 5.95 Å². The minimum absolute atomic E-state index is 0.390. The molecule has 0 atom stereocenters. The number of rotatable bonds is 3. The Bertz CT molecular complexity index is 1320. The van der Waals surface area contributed by atoms with Crippen LogP contribution in [0.1, 0.15) is 24.8 Å². The predicted molar refractivity (Wildman–Crippen MR) is 115 cm³/mol. The molecule has 0 aliphatic carbocycles. The van der Waals surface area contributed by atoms with E-state index in [4.69, 9.17) is 4.98 Å². The summed E-state index contributed by atoms with van der Waals surface area (Å²) < 4.78 is 3.39. The van der Waals surface area contributed by atoms with Gasteiger partial charge in [-0.1, -0.05) is 42.5 Å². The fraction of sp³-hybridized carbons (Fsp3) is 0.318. The Balaban J connectivity index is 1.75. The first kappa shape index (κ1) is 17.7. The Kier molecular flexibility index (Phi) is 4.23. The normalized spacial score (nSPS) is 14.7. The molecule has 1 aliphatic heterocycles. The number of fused-ring (bicyclic) bond motifs is 2. The van der Waals surface area contributed by atoms with Crippen molar-refractivity contribution in [1.82, 2.24) is 19.1 Å². The number of aromatic amines is 1. The van der Waals surface area contributed by atoms with E-state index >= 15 is 0 Å². The summed E-state index contributed by atoms with van der Waals surface area (Å²) >= 11 is 0. The highest BCUT2D eigenvalue weighted by Gasteiger charge is 2.23. The Morgan fingerprint density at radius 3 is 2.59 bits per heavy atom. The Labute approximate surface area is 167 Å². The van der Waals surface area contributed by atoms with Crippen LogP contribution >= 0.6 is 0 Å². The molecule has 0 amide bonds. The molecule has 29 heavy (non-hydrogen) atoms. The molecule has 1 aliphatic rings. The fourth-order valence-electron chi connectivity index (χ4n) is 4.31. The van der Waals surface area contributed by atoms with E-state index in [9.17, 15) is 9.59 Å². The SMILES string of the molecule is Cn1c(=O)[nH]c(=O)c2c1nc(N1CCCCC1)n2Cc1cccc2ccccc12. The van der Waals surface area contributed by atoms with Gasteiger partial charge in [-0.25, -0.2) is 4.79 Å². The Morgan fingerprint density at radius 1 is 1.00 bits per heavy atom. The standard InChI is InChI=1S/C22H23N5O2/c1-25-19-18(20(28)24-22(25)29)27(21(23-19)26-12-5-2-6-13-26)14-16-10-7-9-15-8-3-4-11-17(15)16/h3-4,7-11H,2,5-6,12-14H2,1H3,(H,24,28,29). The Hall–Kier alpha value is -3.35. The summed E-state index contributed by atoms with van der Waals surface area (Å²) in [6, 6.07) is 14.5.